The lowest BCUT2D eigenvalue weighted by Gasteiger charge is -2.05. The number of aromatic nitrogens is 5. The van der Waals surface area contributed by atoms with Crippen LogP contribution in [-0.4, -0.2) is 41.5 Å². The number of halogens is 1. The van der Waals surface area contributed by atoms with Gasteiger partial charge in [0.2, 0.25) is 5.91 Å². The molecule has 0 aliphatic carbocycles. The first-order chi connectivity index (χ1) is 15.0. The average molecular weight is 439 g/mol. The number of fused-ring (bicyclic) bond motifs is 1. The molecule has 0 atom stereocenters. The molecule has 0 radical (unpaired) electrons. The zero-order chi connectivity index (χ0) is 21.8. The molecule has 0 aliphatic rings. The number of hydrogen-bond acceptors (Lipinski definition) is 8. The van der Waals surface area contributed by atoms with Gasteiger partial charge < -0.3 is 5.32 Å². The molecule has 0 saturated carbocycles. The van der Waals surface area contributed by atoms with E-state index < -0.39 is 4.92 Å². The van der Waals surface area contributed by atoms with E-state index in [1.165, 1.54) is 41.3 Å². The van der Waals surface area contributed by atoms with Crippen molar-refractivity contribution >= 4 is 40.2 Å². The SMILES string of the molecule is O=C(CSc1ncnc2c1nnn2Cc1ccccc1F)Nc1ccc([N+](=O)[O-])cc1. The zero-order valence-electron chi connectivity index (χ0n) is 15.8. The second-order valence-corrected chi connectivity index (χ2v) is 7.29. The number of anilines is 1. The summed E-state index contributed by atoms with van der Waals surface area (Å²) in [5.74, 6) is -0.634. The smallest absolute Gasteiger partial charge is 0.269 e. The van der Waals surface area contributed by atoms with Crippen LogP contribution in [0.25, 0.3) is 11.2 Å². The van der Waals surface area contributed by atoms with E-state index in [0.29, 0.717) is 27.4 Å². The molecule has 2 aromatic heterocycles. The summed E-state index contributed by atoms with van der Waals surface area (Å²) < 4.78 is 15.4. The summed E-state index contributed by atoms with van der Waals surface area (Å²) >= 11 is 1.15. The molecular formula is C19H14FN7O3S. The number of thioether (sulfide) groups is 1. The Morgan fingerprint density at radius 2 is 1.94 bits per heavy atom. The van der Waals surface area contributed by atoms with Crippen molar-refractivity contribution in [1.82, 2.24) is 25.0 Å². The van der Waals surface area contributed by atoms with Gasteiger partial charge in [0.15, 0.2) is 11.2 Å². The van der Waals surface area contributed by atoms with Gasteiger partial charge in [-0.3, -0.25) is 14.9 Å². The lowest BCUT2D eigenvalue weighted by atomic mass is 10.2. The maximum atomic E-state index is 13.9. The number of nitrogens with zero attached hydrogens (tertiary/aromatic N) is 6. The van der Waals surface area contributed by atoms with Crippen molar-refractivity contribution < 1.29 is 14.1 Å². The standard InChI is InChI=1S/C19H14FN7O3S/c20-15-4-2-1-3-12(15)9-26-18-17(24-25-26)19(22-11-21-18)31-10-16(28)23-13-5-7-14(8-6-13)27(29)30/h1-8,11H,9-10H2,(H,23,28). The van der Waals surface area contributed by atoms with Gasteiger partial charge in [-0.1, -0.05) is 35.2 Å². The fourth-order valence-corrected chi connectivity index (χ4v) is 3.50. The minimum atomic E-state index is -0.513. The molecule has 0 aliphatic heterocycles. The van der Waals surface area contributed by atoms with Gasteiger partial charge in [-0.15, -0.1) is 5.10 Å². The van der Waals surface area contributed by atoms with Crippen LogP contribution in [-0.2, 0) is 11.3 Å². The molecule has 0 spiro atoms. The first-order valence-corrected chi connectivity index (χ1v) is 9.94. The number of benzene rings is 2. The number of hydrogen-bond donors (Lipinski definition) is 1. The van der Waals surface area contributed by atoms with Crippen LogP contribution in [0.5, 0.6) is 0 Å². The van der Waals surface area contributed by atoms with Crippen molar-refractivity contribution in [2.75, 3.05) is 11.1 Å². The third kappa shape index (κ3) is 4.64. The number of rotatable bonds is 7. The Morgan fingerprint density at radius 1 is 1.16 bits per heavy atom. The monoisotopic (exact) mass is 439 g/mol. The molecular weight excluding hydrogens is 425 g/mol. The van der Waals surface area contributed by atoms with Gasteiger partial charge in [0.1, 0.15) is 17.2 Å². The van der Waals surface area contributed by atoms with Gasteiger partial charge >= 0.3 is 0 Å². The molecule has 4 aromatic rings. The molecule has 1 amide bonds. The van der Waals surface area contributed by atoms with Crippen LogP contribution in [0.15, 0.2) is 59.9 Å². The molecule has 12 heteroatoms. The summed E-state index contributed by atoms with van der Waals surface area (Å²) in [7, 11) is 0. The lowest BCUT2D eigenvalue weighted by Crippen LogP contribution is -2.14. The maximum absolute atomic E-state index is 13.9. The fourth-order valence-electron chi connectivity index (χ4n) is 2.77. The Bertz CT molecular complexity index is 1260. The molecule has 0 saturated heterocycles. The van der Waals surface area contributed by atoms with Gasteiger partial charge in [-0.25, -0.2) is 19.0 Å². The van der Waals surface area contributed by atoms with E-state index in [2.05, 4.69) is 25.6 Å². The van der Waals surface area contributed by atoms with E-state index in [1.807, 2.05) is 0 Å². The Morgan fingerprint density at radius 3 is 2.68 bits per heavy atom. The van der Waals surface area contributed by atoms with E-state index in [9.17, 15) is 19.3 Å². The van der Waals surface area contributed by atoms with Crippen molar-refractivity contribution in [3.63, 3.8) is 0 Å². The molecule has 156 valence electrons. The second kappa shape index (κ2) is 8.83. The van der Waals surface area contributed by atoms with Gasteiger partial charge in [-0.05, 0) is 18.2 Å². The average Bonchev–Trinajstić information content (AvgIpc) is 3.18. The predicted molar refractivity (Wildman–Crippen MR) is 111 cm³/mol. The molecule has 0 bridgehead atoms. The summed E-state index contributed by atoms with van der Waals surface area (Å²) in [5.41, 5.74) is 1.67. The number of non-ortho nitro benzene ring substituents is 1. The van der Waals surface area contributed by atoms with Crippen LogP contribution >= 0.6 is 11.8 Å². The van der Waals surface area contributed by atoms with Crippen molar-refractivity contribution in [3.8, 4) is 0 Å². The second-order valence-electron chi connectivity index (χ2n) is 6.33. The van der Waals surface area contributed by atoms with E-state index in [0.717, 1.165) is 11.8 Å². The molecule has 1 N–H and O–H groups in total. The normalized spacial score (nSPS) is 10.9. The Kier molecular flexibility index (Phi) is 5.80. The topological polar surface area (TPSA) is 129 Å². The molecule has 31 heavy (non-hydrogen) atoms. The molecule has 2 heterocycles. The minimum absolute atomic E-state index is 0.0310. The molecule has 10 nitrogen and oxygen atoms in total. The number of nitro groups is 1. The third-order valence-electron chi connectivity index (χ3n) is 4.25. The fraction of sp³-hybridized carbons (Fsp3) is 0.105. The number of carbonyl (C=O) groups excluding carboxylic acids is 1. The summed E-state index contributed by atoms with van der Waals surface area (Å²) in [5, 5.41) is 21.9. The van der Waals surface area contributed by atoms with Crippen LogP contribution in [0, 0.1) is 15.9 Å². The van der Waals surface area contributed by atoms with Crippen LogP contribution in [0.2, 0.25) is 0 Å². The largest absolute Gasteiger partial charge is 0.325 e. The number of nitrogens with one attached hydrogen (secondary N) is 1. The zero-order valence-corrected chi connectivity index (χ0v) is 16.6. The van der Waals surface area contributed by atoms with Gasteiger partial charge in [0, 0.05) is 23.4 Å². The summed E-state index contributed by atoms with van der Waals surface area (Å²) in [6, 6.07) is 11.9. The first-order valence-electron chi connectivity index (χ1n) is 8.96. The van der Waals surface area contributed by atoms with Gasteiger partial charge in [0.25, 0.3) is 5.69 Å². The van der Waals surface area contributed by atoms with E-state index in [4.69, 9.17) is 0 Å². The maximum Gasteiger partial charge on any atom is 0.269 e. The van der Waals surface area contributed by atoms with Crippen molar-refractivity contribution in [1.29, 1.82) is 0 Å². The van der Waals surface area contributed by atoms with E-state index in [1.54, 1.807) is 18.2 Å². The summed E-state index contributed by atoms with van der Waals surface area (Å²) in [4.78, 5) is 30.8. The van der Waals surface area contributed by atoms with Gasteiger partial charge in [-0.2, -0.15) is 0 Å². The van der Waals surface area contributed by atoms with Crippen LogP contribution in [0.3, 0.4) is 0 Å². The summed E-state index contributed by atoms with van der Waals surface area (Å²) in [6.07, 6.45) is 1.33. The van der Waals surface area contributed by atoms with Crippen LogP contribution in [0.4, 0.5) is 15.8 Å². The van der Waals surface area contributed by atoms with E-state index in [-0.39, 0.29) is 29.7 Å². The summed E-state index contributed by atoms with van der Waals surface area (Å²) in [6.45, 7) is 0.158. The van der Waals surface area contributed by atoms with Crippen molar-refractivity contribution in [2.45, 2.75) is 11.6 Å². The quantitative estimate of drug-likeness (QED) is 0.201. The highest BCUT2D eigenvalue weighted by Gasteiger charge is 2.15. The third-order valence-corrected chi connectivity index (χ3v) is 5.23. The highest BCUT2D eigenvalue weighted by atomic mass is 32.2. The highest BCUT2D eigenvalue weighted by molar-refractivity contribution is 8.00. The molecule has 0 unspecified atom stereocenters. The Hall–Kier alpha value is -3.93. The highest BCUT2D eigenvalue weighted by Crippen LogP contribution is 2.23. The Labute approximate surface area is 178 Å². The molecule has 4 rings (SSSR count). The minimum Gasteiger partial charge on any atom is -0.325 e. The number of amides is 1. The van der Waals surface area contributed by atoms with Crippen LogP contribution in [0.1, 0.15) is 5.56 Å². The number of carbonyl (C=O) groups is 1. The molecule has 2 aromatic carbocycles. The van der Waals surface area contributed by atoms with Crippen LogP contribution < -0.4 is 5.32 Å². The van der Waals surface area contributed by atoms with Crippen molar-refractivity contribution in [3.05, 3.63) is 76.4 Å². The predicted octanol–water partition coefficient (Wildman–Crippen LogP) is 3.05. The number of nitro benzene ring substituents is 1. The first kappa shape index (κ1) is 20.3. The Balaban J connectivity index is 1.44. The van der Waals surface area contributed by atoms with Crippen molar-refractivity contribution in [2.24, 2.45) is 0 Å². The molecule has 0 fully saturated rings. The van der Waals surface area contributed by atoms with Gasteiger partial charge in [0.05, 0.1) is 17.2 Å². The van der Waals surface area contributed by atoms with E-state index >= 15 is 0 Å². The lowest BCUT2D eigenvalue weighted by molar-refractivity contribution is -0.384.